The Hall–Kier alpha value is -4.48. The highest BCUT2D eigenvalue weighted by molar-refractivity contribution is 6.37. The summed E-state index contributed by atoms with van der Waals surface area (Å²) >= 11 is 0. The molecule has 4 atom stereocenters. The van der Waals surface area contributed by atoms with Crippen LogP contribution in [0.5, 0.6) is 0 Å². The van der Waals surface area contributed by atoms with Crippen molar-refractivity contribution in [3.8, 4) is 0 Å². The number of ketones is 1. The fourth-order valence-corrected chi connectivity index (χ4v) is 8.17. The Bertz CT molecular complexity index is 1690. The van der Waals surface area contributed by atoms with Gasteiger partial charge in [-0.05, 0) is 71.3 Å². The minimum Gasteiger partial charge on any atom is -0.459 e. The maximum atomic E-state index is 14.5. The number of nitrogens with one attached hydrogen (secondary N) is 3. The molecule has 1 aliphatic heterocycles. The molecule has 0 bridgehead atoms. The van der Waals surface area contributed by atoms with Crippen LogP contribution in [0.25, 0.3) is 10.8 Å². The summed E-state index contributed by atoms with van der Waals surface area (Å²) in [5.74, 6) is -3.41. The largest absolute Gasteiger partial charge is 0.459 e. The number of hydrogen-bond donors (Lipinski definition) is 4. The van der Waals surface area contributed by atoms with Crippen molar-refractivity contribution < 1.29 is 33.5 Å². The van der Waals surface area contributed by atoms with Gasteiger partial charge in [0.25, 0.3) is 5.91 Å². The minimum absolute atomic E-state index is 0.0246. The third kappa shape index (κ3) is 9.37. The molecule has 1 heterocycles. The number of nitrogens with two attached hydrogens (primary N) is 1. The van der Waals surface area contributed by atoms with Gasteiger partial charge >= 0.3 is 12.0 Å². The normalized spacial score (nSPS) is 21.3. The van der Waals surface area contributed by atoms with Gasteiger partial charge in [0.15, 0.2) is 0 Å². The number of amides is 5. The topological polar surface area (TPSA) is 177 Å². The molecule has 5 N–H and O–H groups in total. The Kier molecular flexibility index (Phi) is 12.5. The number of ether oxygens (including phenoxy) is 1. The molecule has 5 rings (SSSR count). The summed E-state index contributed by atoms with van der Waals surface area (Å²) in [6.07, 6.45) is 6.91. The number of hydrogen-bond acceptors (Lipinski definition) is 7. The van der Waals surface area contributed by atoms with Crippen LogP contribution in [-0.4, -0.2) is 70.6 Å². The van der Waals surface area contributed by atoms with Crippen molar-refractivity contribution in [1.29, 1.82) is 0 Å². The predicted octanol–water partition coefficient (Wildman–Crippen LogP) is 4.90. The second kappa shape index (κ2) is 16.7. The summed E-state index contributed by atoms with van der Waals surface area (Å²) in [4.78, 5) is 82.4. The summed E-state index contributed by atoms with van der Waals surface area (Å²) in [6.45, 7) is 9.78. The van der Waals surface area contributed by atoms with E-state index in [4.69, 9.17) is 10.5 Å². The highest BCUT2D eigenvalue weighted by Gasteiger charge is 2.49. The predicted molar refractivity (Wildman–Crippen MR) is 201 cm³/mol. The van der Waals surface area contributed by atoms with Crippen molar-refractivity contribution in [2.45, 2.75) is 129 Å². The first kappa shape index (κ1) is 39.7. The van der Waals surface area contributed by atoms with Gasteiger partial charge in [-0.25, -0.2) is 9.59 Å². The van der Waals surface area contributed by atoms with Crippen molar-refractivity contribution in [1.82, 2.24) is 20.9 Å². The van der Waals surface area contributed by atoms with Gasteiger partial charge in [0.2, 0.25) is 17.6 Å². The van der Waals surface area contributed by atoms with Crippen LogP contribution in [0.15, 0.2) is 42.5 Å². The van der Waals surface area contributed by atoms with Crippen LogP contribution in [0.3, 0.4) is 0 Å². The molecule has 3 aliphatic rings. The van der Waals surface area contributed by atoms with Crippen molar-refractivity contribution in [2.75, 3.05) is 6.54 Å². The molecule has 5 amide bonds. The number of urea groups is 1. The van der Waals surface area contributed by atoms with Gasteiger partial charge in [-0.1, -0.05) is 110 Å². The molecule has 288 valence electrons. The van der Waals surface area contributed by atoms with E-state index in [0.717, 1.165) is 54.9 Å². The van der Waals surface area contributed by atoms with Crippen molar-refractivity contribution in [3.05, 3.63) is 48.0 Å². The first-order valence-corrected chi connectivity index (χ1v) is 19.3. The molecule has 2 aromatic rings. The number of Topliss-reactive ketones (excluding diaryl/α,β-unsaturated/α-hetero) is 1. The smallest absolute Gasteiger partial charge is 0.332 e. The Morgan fingerprint density at radius 2 is 1.58 bits per heavy atom. The van der Waals surface area contributed by atoms with Crippen LogP contribution >= 0.6 is 0 Å². The van der Waals surface area contributed by atoms with Crippen LogP contribution in [0.4, 0.5) is 4.79 Å². The lowest BCUT2D eigenvalue weighted by Crippen LogP contribution is -2.64. The van der Waals surface area contributed by atoms with Crippen LogP contribution in [-0.2, 0) is 35.3 Å². The molecule has 0 aromatic heterocycles. The van der Waals surface area contributed by atoms with E-state index in [1.54, 1.807) is 0 Å². The number of carbonyl (C=O) groups is 6. The molecule has 2 aromatic carbocycles. The minimum atomic E-state index is -1.26. The Balaban J connectivity index is 1.31. The zero-order valence-corrected chi connectivity index (χ0v) is 31.9. The molecular weight excluding hydrogens is 674 g/mol. The number of primary amides is 1. The summed E-state index contributed by atoms with van der Waals surface area (Å²) < 4.78 is 5.84. The summed E-state index contributed by atoms with van der Waals surface area (Å²) in [7, 11) is 0. The average molecular weight is 732 g/mol. The fraction of sp³-hybridized carbons (Fsp3) is 0.610. The zero-order valence-electron chi connectivity index (χ0n) is 31.9. The summed E-state index contributed by atoms with van der Waals surface area (Å²) in [5.41, 5.74) is 4.16. The maximum absolute atomic E-state index is 14.5. The molecule has 2 unspecified atom stereocenters. The Morgan fingerprint density at radius 1 is 0.906 bits per heavy atom. The third-order valence-corrected chi connectivity index (χ3v) is 11.5. The third-order valence-electron chi connectivity index (χ3n) is 11.5. The average Bonchev–Trinajstić information content (AvgIpc) is 3.56. The van der Waals surface area contributed by atoms with Gasteiger partial charge in [0, 0.05) is 6.54 Å². The number of esters is 1. The van der Waals surface area contributed by atoms with E-state index >= 15 is 0 Å². The number of rotatable bonds is 13. The van der Waals surface area contributed by atoms with Gasteiger partial charge in [0.05, 0.1) is 6.04 Å². The molecule has 3 fully saturated rings. The van der Waals surface area contributed by atoms with Gasteiger partial charge in [-0.2, -0.15) is 0 Å². The van der Waals surface area contributed by atoms with Crippen molar-refractivity contribution in [3.63, 3.8) is 0 Å². The van der Waals surface area contributed by atoms with Gasteiger partial charge in [0.1, 0.15) is 24.2 Å². The van der Waals surface area contributed by atoms with E-state index in [-0.39, 0.29) is 30.9 Å². The number of nitrogens with zero attached hydrogens (tertiary/aromatic N) is 1. The second-order valence-electron chi connectivity index (χ2n) is 16.8. The number of fused-ring (bicyclic) bond motifs is 1. The molecular formula is C41H57N5O7. The molecule has 2 saturated carbocycles. The van der Waals surface area contributed by atoms with Crippen molar-refractivity contribution in [2.24, 2.45) is 28.9 Å². The van der Waals surface area contributed by atoms with E-state index in [2.05, 4.69) is 16.0 Å². The lowest BCUT2D eigenvalue weighted by Gasteiger charge is -2.39. The van der Waals surface area contributed by atoms with E-state index in [9.17, 15) is 28.8 Å². The molecule has 2 aliphatic carbocycles. The molecule has 12 nitrogen and oxygen atoms in total. The lowest BCUT2D eigenvalue weighted by atomic mass is 9.80. The van der Waals surface area contributed by atoms with E-state index < -0.39 is 64.6 Å². The number of benzene rings is 2. The van der Waals surface area contributed by atoms with Crippen LogP contribution in [0, 0.1) is 23.2 Å². The van der Waals surface area contributed by atoms with Gasteiger partial charge in [-0.15, -0.1) is 0 Å². The fourth-order valence-electron chi connectivity index (χ4n) is 8.17. The Labute approximate surface area is 312 Å². The SMILES string of the molecule is CC(C)C1CCN(C(=O)[C@@H](NC(=O)NC2(C(=O)OCc3ccc4ccccc4c3)CCCCC2)C(C)(C)C)[C@@H]1C(=O)NC(CC1CCC1)C(=O)C(N)=O. The molecule has 0 radical (unpaired) electrons. The molecule has 0 spiro atoms. The van der Waals surface area contributed by atoms with Crippen LogP contribution in [0.1, 0.15) is 104 Å². The van der Waals surface area contributed by atoms with Crippen molar-refractivity contribution >= 4 is 46.3 Å². The maximum Gasteiger partial charge on any atom is 0.332 e. The molecule has 53 heavy (non-hydrogen) atoms. The second-order valence-corrected chi connectivity index (χ2v) is 16.8. The molecule has 1 saturated heterocycles. The van der Waals surface area contributed by atoms with E-state index in [0.29, 0.717) is 25.7 Å². The monoisotopic (exact) mass is 731 g/mol. The zero-order chi connectivity index (χ0) is 38.5. The first-order valence-electron chi connectivity index (χ1n) is 19.3. The Morgan fingerprint density at radius 3 is 2.19 bits per heavy atom. The van der Waals surface area contributed by atoms with Crippen LogP contribution < -0.4 is 21.7 Å². The quantitative estimate of drug-likeness (QED) is 0.167. The standard InChI is InChI=1S/C41H57N5O7/c1-25(2)30-18-21-46(32(30)36(49)43-31(33(47)35(42)48)23-26-12-11-13-26)37(50)34(40(3,4)5)44-39(52)45-41(19-9-6-10-20-41)38(51)53-24-27-16-17-28-14-7-8-15-29(28)22-27/h7-8,14-17,22,25-26,30-32,34H,6,9-13,18-21,23-24H2,1-5H3,(H2,42,48)(H,43,49)(H2,44,45,52)/t30?,31?,32-,34+/m0/s1. The van der Waals surface area contributed by atoms with E-state index in [1.807, 2.05) is 77.1 Å². The number of likely N-dealkylation sites (tertiary alicyclic amines) is 1. The highest BCUT2D eigenvalue weighted by Crippen LogP contribution is 2.35. The van der Waals surface area contributed by atoms with E-state index in [1.165, 1.54) is 4.90 Å². The summed E-state index contributed by atoms with van der Waals surface area (Å²) in [6, 6.07) is 10.1. The van der Waals surface area contributed by atoms with Gasteiger partial charge in [-0.3, -0.25) is 19.2 Å². The number of carbonyl (C=O) groups excluding carboxylic acids is 6. The molecule has 12 heteroatoms. The lowest BCUT2D eigenvalue weighted by molar-refractivity contribution is -0.154. The summed E-state index contributed by atoms with van der Waals surface area (Å²) in [5, 5.41) is 10.7. The van der Waals surface area contributed by atoms with Gasteiger partial charge < -0.3 is 31.3 Å². The first-order chi connectivity index (χ1) is 25.1. The highest BCUT2D eigenvalue weighted by atomic mass is 16.5. The van der Waals surface area contributed by atoms with Crippen LogP contribution in [0.2, 0.25) is 0 Å².